The van der Waals surface area contributed by atoms with Gasteiger partial charge in [-0.3, -0.25) is 13.8 Å². The van der Waals surface area contributed by atoms with Crippen LogP contribution in [0, 0.1) is 5.92 Å². The predicted molar refractivity (Wildman–Crippen MR) is 73.5 cm³/mol. The van der Waals surface area contributed by atoms with Crippen LogP contribution in [0.15, 0.2) is 29.2 Å². The number of carboxylic acid groups (broad SMARTS) is 1. The van der Waals surface area contributed by atoms with Crippen molar-refractivity contribution in [1.82, 2.24) is 0 Å². The first-order valence-corrected chi connectivity index (χ1v) is 7.47. The van der Waals surface area contributed by atoms with Crippen molar-refractivity contribution in [2.24, 2.45) is 5.92 Å². The van der Waals surface area contributed by atoms with Crippen molar-refractivity contribution in [2.45, 2.75) is 31.6 Å². The van der Waals surface area contributed by atoms with E-state index in [1.165, 1.54) is 0 Å². The molecule has 5 heteroatoms. The van der Waals surface area contributed by atoms with Gasteiger partial charge < -0.3 is 5.11 Å². The van der Waals surface area contributed by atoms with Crippen LogP contribution in [-0.2, 0) is 26.8 Å². The van der Waals surface area contributed by atoms with E-state index >= 15 is 0 Å². The first-order valence-electron chi connectivity index (χ1n) is 6.15. The number of benzene rings is 1. The molecule has 0 saturated carbocycles. The van der Waals surface area contributed by atoms with E-state index in [9.17, 15) is 13.8 Å². The Morgan fingerprint density at radius 3 is 2.32 bits per heavy atom. The summed E-state index contributed by atoms with van der Waals surface area (Å²) in [5, 5.41) is 8.83. The second-order valence-electron chi connectivity index (χ2n) is 4.47. The highest BCUT2D eigenvalue weighted by molar-refractivity contribution is 7.85. The van der Waals surface area contributed by atoms with E-state index < -0.39 is 22.7 Å². The molecule has 4 nitrogen and oxygen atoms in total. The SMILES string of the molecule is CCC(=O)CS(=O)c1ccc(CC(C)C(=O)O)cc1. The minimum atomic E-state index is -1.31. The van der Waals surface area contributed by atoms with Gasteiger partial charge in [-0.2, -0.15) is 0 Å². The quantitative estimate of drug-likeness (QED) is 0.830. The van der Waals surface area contributed by atoms with Crippen molar-refractivity contribution in [3.8, 4) is 0 Å². The van der Waals surface area contributed by atoms with E-state index in [2.05, 4.69) is 0 Å². The highest BCUT2D eigenvalue weighted by atomic mass is 32.2. The second kappa shape index (κ2) is 7.19. The molecule has 0 radical (unpaired) electrons. The molecule has 104 valence electrons. The van der Waals surface area contributed by atoms with Gasteiger partial charge in [-0.1, -0.05) is 26.0 Å². The van der Waals surface area contributed by atoms with Crippen LogP contribution >= 0.6 is 0 Å². The van der Waals surface area contributed by atoms with Crippen LogP contribution in [0.2, 0.25) is 0 Å². The van der Waals surface area contributed by atoms with Gasteiger partial charge in [0.15, 0.2) is 0 Å². The summed E-state index contributed by atoms with van der Waals surface area (Å²) in [5.74, 6) is -1.26. The maximum Gasteiger partial charge on any atom is 0.306 e. The summed E-state index contributed by atoms with van der Waals surface area (Å²) in [6, 6.07) is 6.93. The third-order valence-corrected chi connectivity index (χ3v) is 4.22. The van der Waals surface area contributed by atoms with Crippen LogP contribution in [0.25, 0.3) is 0 Å². The minimum Gasteiger partial charge on any atom is -0.481 e. The van der Waals surface area contributed by atoms with Crippen molar-refractivity contribution in [2.75, 3.05) is 5.75 Å². The summed E-state index contributed by atoms with van der Waals surface area (Å²) in [6.07, 6.45) is 0.829. The van der Waals surface area contributed by atoms with Gasteiger partial charge in [0.05, 0.1) is 22.5 Å². The number of carbonyl (C=O) groups is 2. The van der Waals surface area contributed by atoms with E-state index in [0.29, 0.717) is 17.7 Å². The van der Waals surface area contributed by atoms with Gasteiger partial charge in [-0.25, -0.2) is 0 Å². The summed E-state index contributed by atoms with van der Waals surface area (Å²) < 4.78 is 11.9. The summed E-state index contributed by atoms with van der Waals surface area (Å²) in [7, 11) is -1.31. The molecule has 1 rings (SSSR count). The highest BCUT2D eigenvalue weighted by Gasteiger charge is 2.12. The molecule has 2 atom stereocenters. The van der Waals surface area contributed by atoms with Crippen LogP contribution in [0.3, 0.4) is 0 Å². The Morgan fingerprint density at radius 2 is 1.84 bits per heavy atom. The fourth-order valence-electron chi connectivity index (χ4n) is 1.55. The van der Waals surface area contributed by atoms with Crippen molar-refractivity contribution in [3.63, 3.8) is 0 Å². The molecule has 2 unspecified atom stereocenters. The Balaban J connectivity index is 2.68. The first-order chi connectivity index (χ1) is 8.93. The number of hydrogen-bond acceptors (Lipinski definition) is 3. The molecule has 0 aliphatic rings. The molecule has 0 aliphatic carbocycles. The zero-order valence-electron chi connectivity index (χ0n) is 11.1. The van der Waals surface area contributed by atoms with Crippen molar-refractivity contribution in [3.05, 3.63) is 29.8 Å². The van der Waals surface area contributed by atoms with Gasteiger partial charge in [0.25, 0.3) is 0 Å². The van der Waals surface area contributed by atoms with E-state index in [-0.39, 0.29) is 11.5 Å². The van der Waals surface area contributed by atoms with Gasteiger partial charge in [-0.05, 0) is 24.1 Å². The lowest BCUT2D eigenvalue weighted by Crippen LogP contribution is -2.12. The molecule has 1 aromatic carbocycles. The zero-order chi connectivity index (χ0) is 14.4. The van der Waals surface area contributed by atoms with Gasteiger partial charge in [0.2, 0.25) is 0 Å². The van der Waals surface area contributed by atoms with Gasteiger partial charge in [-0.15, -0.1) is 0 Å². The summed E-state index contributed by atoms with van der Waals surface area (Å²) in [6.45, 7) is 3.39. The second-order valence-corrected chi connectivity index (χ2v) is 5.92. The average molecular weight is 282 g/mol. The fraction of sp³-hybridized carbons (Fsp3) is 0.429. The number of rotatable bonds is 7. The monoisotopic (exact) mass is 282 g/mol. The highest BCUT2D eigenvalue weighted by Crippen LogP contribution is 2.13. The molecule has 0 fully saturated rings. The molecule has 0 bridgehead atoms. The number of carboxylic acids is 1. The standard InChI is InChI=1S/C14H18O4S/c1-3-12(15)9-19(18)13-6-4-11(5-7-13)8-10(2)14(16)17/h4-7,10H,3,8-9H2,1-2H3,(H,16,17). The number of ketones is 1. The molecular weight excluding hydrogens is 264 g/mol. The van der Waals surface area contributed by atoms with Crippen LogP contribution in [-0.4, -0.2) is 26.8 Å². The molecule has 0 aromatic heterocycles. The van der Waals surface area contributed by atoms with Gasteiger partial charge in [0, 0.05) is 11.3 Å². The Labute approximate surface area is 115 Å². The van der Waals surface area contributed by atoms with Crippen LogP contribution in [0.4, 0.5) is 0 Å². The lowest BCUT2D eigenvalue weighted by Gasteiger charge is -2.07. The Bertz CT molecular complexity index is 479. The van der Waals surface area contributed by atoms with Crippen molar-refractivity contribution in [1.29, 1.82) is 0 Å². The van der Waals surface area contributed by atoms with Crippen LogP contribution < -0.4 is 0 Å². The molecule has 0 heterocycles. The summed E-state index contributed by atoms with van der Waals surface area (Å²) in [4.78, 5) is 22.6. The van der Waals surface area contributed by atoms with E-state index in [0.717, 1.165) is 5.56 Å². The number of carbonyl (C=O) groups excluding carboxylic acids is 1. The summed E-state index contributed by atoms with van der Waals surface area (Å²) in [5.41, 5.74) is 0.887. The largest absolute Gasteiger partial charge is 0.481 e. The maximum atomic E-state index is 11.9. The van der Waals surface area contributed by atoms with Gasteiger partial charge >= 0.3 is 5.97 Å². The summed E-state index contributed by atoms with van der Waals surface area (Å²) >= 11 is 0. The van der Waals surface area contributed by atoms with Crippen LogP contribution in [0.1, 0.15) is 25.8 Å². The van der Waals surface area contributed by atoms with Crippen molar-refractivity contribution >= 4 is 22.6 Å². The maximum absolute atomic E-state index is 11.9. The number of Topliss-reactive ketones (excluding diaryl/α,β-unsaturated/α-hetero) is 1. The normalized spacial score (nSPS) is 13.8. The molecule has 0 saturated heterocycles. The molecule has 1 N–H and O–H groups in total. The lowest BCUT2D eigenvalue weighted by molar-refractivity contribution is -0.141. The van der Waals surface area contributed by atoms with E-state index in [1.54, 1.807) is 38.1 Å². The van der Waals surface area contributed by atoms with E-state index in [4.69, 9.17) is 5.11 Å². The molecule has 0 spiro atoms. The molecular formula is C14H18O4S. The Morgan fingerprint density at radius 1 is 1.26 bits per heavy atom. The van der Waals surface area contributed by atoms with Crippen LogP contribution in [0.5, 0.6) is 0 Å². The molecule has 19 heavy (non-hydrogen) atoms. The number of hydrogen-bond donors (Lipinski definition) is 1. The van der Waals surface area contributed by atoms with Gasteiger partial charge in [0.1, 0.15) is 5.78 Å². The smallest absolute Gasteiger partial charge is 0.306 e. The lowest BCUT2D eigenvalue weighted by atomic mass is 10.0. The minimum absolute atomic E-state index is 0.0260. The average Bonchev–Trinajstić information content (AvgIpc) is 2.39. The molecule has 0 amide bonds. The Kier molecular flexibility index (Phi) is 5.89. The fourth-order valence-corrected chi connectivity index (χ4v) is 2.65. The third-order valence-electron chi connectivity index (χ3n) is 2.84. The Hall–Kier alpha value is -1.49. The zero-order valence-corrected chi connectivity index (χ0v) is 11.9. The topological polar surface area (TPSA) is 71.4 Å². The first kappa shape index (κ1) is 15.6. The molecule has 1 aromatic rings. The third kappa shape index (κ3) is 4.95. The number of aliphatic carboxylic acids is 1. The molecule has 0 aliphatic heterocycles. The predicted octanol–water partition coefficient (Wildman–Crippen LogP) is 2.04. The van der Waals surface area contributed by atoms with Crippen molar-refractivity contribution < 1.29 is 18.9 Å². The van der Waals surface area contributed by atoms with E-state index in [1.807, 2.05) is 0 Å².